The maximum Gasteiger partial charge on any atom is 0.303 e. The van der Waals surface area contributed by atoms with Gasteiger partial charge in [0.1, 0.15) is 12.7 Å². The Labute approximate surface area is 230 Å². The second-order valence-corrected chi connectivity index (χ2v) is 15.6. The van der Waals surface area contributed by atoms with Crippen molar-refractivity contribution in [1.82, 2.24) is 0 Å². The molecule has 1 aromatic rings. The molecule has 2 rings (SSSR count). The Morgan fingerprint density at radius 3 is 1.82 bits per heavy atom. The summed E-state index contributed by atoms with van der Waals surface area (Å²) in [6, 6.07) is 9.15. The zero-order chi connectivity index (χ0) is 29.5. The summed E-state index contributed by atoms with van der Waals surface area (Å²) in [5.41, 5.74) is 0.676. The van der Waals surface area contributed by atoms with E-state index >= 15 is 0 Å². The molecule has 2 unspecified atom stereocenters. The normalized spacial score (nSPS) is 24.3. The predicted molar refractivity (Wildman–Crippen MR) is 141 cm³/mol. The molecule has 0 aromatic heterocycles. The van der Waals surface area contributed by atoms with Crippen molar-refractivity contribution in [3.8, 4) is 0 Å². The van der Waals surface area contributed by atoms with Gasteiger partial charge in [-0.3, -0.25) is 19.2 Å². The topological polar surface area (TPSA) is 133 Å². The van der Waals surface area contributed by atoms with E-state index < -0.39 is 69.2 Å². The van der Waals surface area contributed by atoms with Gasteiger partial charge in [-0.25, -0.2) is 0 Å². The summed E-state index contributed by atoms with van der Waals surface area (Å²) in [7, 11) is -2.43. The zero-order valence-corrected chi connectivity index (χ0v) is 25.0. The minimum atomic E-state index is -2.43. The van der Waals surface area contributed by atoms with E-state index in [2.05, 4.69) is 33.9 Å². The van der Waals surface area contributed by atoms with E-state index in [9.17, 15) is 19.2 Å². The summed E-state index contributed by atoms with van der Waals surface area (Å²) < 4.78 is 40.7. The largest absolute Gasteiger partial charge is 0.463 e. The lowest BCUT2D eigenvalue weighted by Gasteiger charge is -2.46. The van der Waals surface area contributed by atoms with Crippen molar-refractivity contribution >= 4 is 32.2 Å². The molecule has 11 nitrogen and oxygen atoms in total. The molecule has 0 amide bonds. The first-order valence-corrected chi connectivity index (χ1v) is 15.6. The second kappa shape index (κ2) is 13.5. The van der Waals surface area contributed by atoms with Gasteiger partial charge in [0.05, 0.1) is 0 Å². The first kappa shape index (κ1) is 32.4. The molecule has 1 saturated heterocycles. The number of hydrogen-bond acceptors (Lipinski definition) is 11. The molecule has 1 aliphatic rings. The van der Waals surface area contributed by atoms with Gasteiger partial charge in [-0.05, 0) is 18.1 Å². The average molecular weight is 569 g/mol. The van der Waals surface area contributed by atoms with Gasteiger partial charge in [0, 0.05) is 33.3 Å². The Bertz CT molecular complexity index is 1000. The molecular weight excluding hydrogens is 528 g/mol. The number of carbonyl (C=O) groups is 4. The number of rotatable bonds is 10. The molecule has 39 heavy (non-hydrogen) atoms. The van der Waals surface area contributed by atoms with Gasteiger partial charge in [0.15, 0.2) is 32.9 Å². The van der Waals surface area contributed by atoms with Gasteiger partial charge in [-0.1, -0.05) is 51.1 Å². The second-order valence-electron chi connectivity index (χ2n) is 10.8. The first-order valence-electron chi connectivity index (χ1n) is 12.7. The molecule has 0 N–H and O–H groups in total. The van der Waals surface area contributed by atoms with Gasteiger partial charge < -0.3 is 32.8 Å². The summed E-state index contributed by atoms with van der Waals surface area (Å²) in [5.74, 6) is -2.75. The number of benzene rings is 1. The number of ether oxygens (including phenoxy) is 6. The van der Waals surface area contributed by atoms with E-state index in [0.717, 1.165) is 13.8 Å². The Morgan fingerprint density at radius 1 is 0.821 bits per heavy atom. The lowest BCUT2D eigenvalue weighted by Crippen LogP contribution is -2.63. The van der Waals surface area contributed by atoms with Gasteiger partial charge in [0.2, 0.25) is 6.29 Å². The van der Waals surface area contributed by atoms with Crippen LogP contribution in [0.4, 0.5) is 0 Å². The standard InChI is InChI=1S/C27H40O11Si/c1-16(28)32-15-21-22(33-17(2)29)23(34-18(3)30)24(35-19(4)31)26(36-21)37-25(20-13-11-10-12-14-20)38-39(8,9)27(5,6)7/h10-14,21-26H,15H2,1-9H3/t21-,22-,23+,24-,25?,26?/m1/s1. The first-order chi connectivity index (χ1) is 18.0. The molecule has 0 radical (unpaired) electrons. The molecule has 1 heterocycles. The third-order valence-corrected chi connectivity index (χ3v) is 10.9. The van der Waals surface area contributed by atoms with Crippen LogP contribution in [0, 0.1) is 0 Å². The van der Waals surface area contributed by atoms with Crippen molar-refractivity contribution in [1.29, 1.82) is 0 Å². The quantitative estimate of drug-likeness (QED) is 0.177. The highest BCUT2D eigenvalue weighted by Crippen LogP contribution is 2.41. The Kier molecular flexibility index (Phi) is 11.2. The third-order valence-electron chi connectivity index (χ3n) is 6.49. The molecular formula is C27H40O11Si. The predicted octanol–water partition coefficient (Wildman–Crippen LogP) is 3.81. The van der Waals surface area contributed by atoms with Crippen LogP contribution in [0.15, 0.2) is 30.3 Å². The summed E-state index contributed by atoms with van der Waals surface area (Å²) in [4.78, 5) is 47.8. The van der Waals surface area contributed by atoms with Crippen LogP contribution in [0.5, 0.6) is 0 Å². The highest BCUT2D eigenvalue weighted by atomic mass is 28.4. The molecule has 1 fully saturated rings. The minimum Gasteiger partial charge on any atom is -0.463 e. The number of esters is 4. The minimum absolute atomic E-state index is 0.176. The van der Waals surface area contributed by atoms with E-state index in [1.165, 1.54) is 13.8 Å². The lowest BCUT2D eigenvalue weighted by molar-refractivity contribution is -0.334. The zero-order valence-electron chi connectivity index (χ0n) is 24.0. The van der Waals surface area contributed by atoms with E-state index in [1.54, 1.807) is 0 Å². The van der Waals surface area contributed by atoms with E-state index in [4.69, 9.17) is 32.8 Å². The fraction of sp³-hybridized carbons (Fsp3) is 0.630. The van der Waals surface area contributed by atoms with Crippen molar-refractivity contribution in [2.75, 3.05) is 6.61 Å². The summed E-state index contributed by atoms with van der Waals surface area (Å²) in [6.07, 6.45) is -7.40. The lowest BCUT2D eigenvalue weighted by atomic mass is 9.98. The molecule has 12 heteroatoms. The smallest absolute Gasteiger partial charge is 0.303 e. The maximum atomic E-state index is 12.2. The van der Waals surface area contributed by atoms with Gasteiger partial charge in [-0.2, -0.15) is 0 Å². The highest BCUT2D eigenvalue weighted by Gasteiger charge is 2.54. The van der Waals surface area contributed by atoms with Gasteiger partial charge in [0.25, 0.3) is 0 Å². The molecule has 0 bridgehead atoms. The van der Waals surface area contributed by atoms with Gasteiger partial charge >= 0.3 is 23.9 Å². The van der Waals surface area contributed by atoms with E-state index in [-0.39, 0.29) is 11.6 Å². The molecule has 6 atom stereocenters. The van der Waals surface area contributed by atoms with E-state index in [1.807, 2.05) is 30.3 Å². The monoisotopic (exact) mass is 568 g/mol. The molecule has 0 aliphatic carbocycles. The van der Waals surface area contributed by atoms with Crippen molar-refractivity contribution in [2.45, 2.75) is 104 Å². The van der Waals surface area contributed by atoms with Crippen molar-refractivity contribution in [3.05, 3.63) is 35.9 Å². The van der Waals surface area contributed by atoms with Crippen LogP contribution in [0.2, 0.25) is 18.1 Å². The SMILES string of the molecule is CC(=O)OC[C@H]1OC(OC(O[Si](C)(C)C(C)(C)C)c2ccccc2)[C@H](OC(C)=O)[C@@H](OC(C)=O)[C@@H]1OC(C)=O. The fourth-order valence-electron chi connectivity index (χ4n) is 3.65. The van der Waals surface area contributed by atoms with Crippen LogP contribution in [0.3, 0.4) is 0 Å². The highest BCUT2D eigenvalue weighted by molar-refractivity contribution is 6.74. The van der Waals surface area contributed by atoms with Crippen LogP contribution >= 0.6 is 0 Å². The summed E-state index contributed by atoms with van der Waals surface area (Å²) in [5, 5.41) is -0.176. The Balaban J connectivity index is 2.58. The van der Waals surface area contributed by atoms with Crippen molar-refractivity contribution in [2.24, 2.45) is 0 Å². The Morgan fingerprint density at radius 2 is 1.33 bits per heavy atom. The number of carbonyl (C=O) groups excluding carboxylic acids is 4. The third kappa shape index (κ3) is 9.41. The van der Waals surface area contributed by atoms with Crippen LogP contribution in [-0.2, 0) is 52.0 Å². The summed E-state index contributed by atoms with van der Waals surface area (Å²) >= 11 is 0. The average Bonchev–Trinajstić information content (AvgIpc) is 2.80. The van der Waals surface area contributed by atoms with Crippen LogP contribution in [0.25, 0.3) is 0 Å². The molecule has 0 saturated carbocycles. The maximum absolute atomic E-state index is 12.2. The molecule has 0 spiro atoms. The fourth-order valence-corrected chi connectivity index (χ4v) is 4.73. The van der Waals surface area contributed by atoms with Crippen LogP contribution in [-0.4, -0.2) is 69.5 Å². The Hall–Kier alpha value is -2.80. The molecule has 1 aromatic carbocycles. The number of hydrogen-bond donors (Lipinski definition) is 0. The van der Waals surface area contributed by atoms with Crippen LogP contribution in [0.1, 0.15) is 60.3 Å². The molecule has 1 aliphatic heterocycles. The van der Waals surface area contributed by atoms with Crippen molar-refractivity contribution in [3.63, 3.8) is 0 Å². The van der Waals surface area contributed by atoms with E-state index in [0.29, 0.717) is 5.56 Å². The van der Waals surface area contributed by atoms with Crippen LogP contribution < -0.4 is 0 Å². The summed E-state index contributed by atoms with van der Waals surface area (Å²) in [6.45, 7) is 14.7. The van der Waals surface area contributed by atoms with Crippen molar-refractivity contribution < 1.29 is 52.0 Å². The molecule has 218 valence electrons. The van der Waals surface area contributed by atoms with Gasteiger partial charge in [-0.15, -0.1) is 0 Å².